The summed E-state index contributed by atoms with van der Waals surface area (Å²) in [5, 5.41) is 0.525. The smallest absolute Gasteiger partial charge is 0.146 e. The molecule has 0 heterocycles. The van der Waals surface area contributed by atoms with Gasteiger partial charge in [0.05, 0.1) is 39.6 Å². The van der Waals surface area contributed by atoms with Crippen LogP contribution in [0.1, 0.15) is 39.8 Å². The van der Waals surface area contributed by atoms with E-state index in [1.165, 1.54) is 16.7 Å². The van der Waals surface area contributed by atoms with Crippen molar-refractivity contribution in [1.82, 2.24) is 0 Å². The molecule has 0 N–H and O–H groups in total. The topological polar surface area (TPSA) is 55.4 Å². The Morgan fingerprint density at radius 1 is 0.393 bits per heavy atom. The van der Waals surface area contributed by atoms with Crippen LogP contribution in [-0.2, 0) is 45.7 Å². The summed E-state index contributed by atoms with van der Waals surface area (Å²) in [7, 11) is 11.5. The van der Waals surface area contributed by atoms with Crippen molar-refractivity contribution in [3.05, 3.63) is 126 Å². The molecule has 3 aromatic carbocycles. The normalized spacial score (nSPS) is 11.8. The van der Waals surface area contributed by atoms with Gasteiger partial charge in [0.1, 0.15) is 20.4 Å². The highest BCUT2D eigenvalue weighted by Crippen LogP contribution is 2.36. The SMILES string of the molecule is C=Cc1ccc(CSCCCOCOCCSSCC(CSSCCOCOCCSCc2ccc(C=C)cc2)SSCCOCOCCSCc2ccc(C=C)cc2)cc1. The van der Waals surface area contributed by atoms with Crippen molar-refractivity contribution in [2.24, 2.45) is 0 Å². The maximum atomic E-state index is 5.76. The number of ether oxygens (including phenoxy) is 6. The second kappa shape index (κ2) is 40.1. The lowest BCUT2D eigenvalue weighted by atomic mass is 10.1. The summed E-state index contributed by atoms with van der Waals surface area (Å²) in [6, 6.07) is 25.7. The predicted molar refractivity (Wildman–Crippen MR) is 287 cm³/mol. The average molecular weight is 1000 g/mol. The van der Waals surface area contributed by atoms with Gasteiger partial charge in [0.25, 0.3) is 0 Å². The Bertz CT molecular complexity index is 1500. The zero-order valence-electron chi connectivity index (χ0n) is 35.3. The summed E-state index contributed by atoms with van der Waals surface area (Å²) in [6.45, 7) is 16.7. The van der Waals surface area contributed by atoms with E-state index in [0.717, 1.165) is 93.0 Å². The minimum atomic E-state index is 0.346. The molecule has 0 amide bonds. The fourth-order valence-corrected chi connectivity index (χ4v) is 15.3. The Kier molecular flexibility index (Phi) is 36.2. The average Bonchev–Trinajstić information content (AvgIpc) is 3.30. The van der Waals surface area contributed by atoms with Gasteiger partial charge in [0.2, 0.25) is 0 Å². The predicted octanol–water partition coefficient (Wildman–Crippen LogP) is 13.6. The highest BCUT2D eigenvalue weighted by atomic mass is 33.1. The van der Waals surface area contributed by atoms with Crippen LogP contribution >= 0.6 is 100 Å². The van der Waals surface area contributed by atoms with Gasteiger partial charge in [-0.05, 0) is 45.6 Å². The van der Waals surface area contributed by atoms with E-state index in [2.05, 4.69) is 92.5 Å². The number of hydrogen-bond acceptors (Lipinski definition) is 15. The summed E-state index contributed by atoms with van der Waals surface area (Å²) in [4.78, 5) is 0. The summed E-state index contributed by atoms with van der Waals surface area (Å²) in [5.41, 5.74) is 7.45. The van der Waals surface area contributed by atoms with Crippen LogP contribution in [0.5, 0.6) is 0 Å². The second-order valence-corrected chi connectivity index (χ2v) is 24.3. The summed E-state index contributed by atoms with van der Waals surface area (Å²) < 4.78 is 34.3. The van der Waals surface area contributed by atoms with Crippen molar-refractivity contribution in [3.8, 4) is 0 Å². The third-order valence-corrected chi connectivity index (χ3v) is 19.3. The number of thioether (sulfide) groups is 3. The van der Waals surface area contributed by atoms with E-state index in [0.29, 0.717) is 58.7 Å². The van der Waals surface area contributed by atoms with Crippen LogP contribution in [0.3, 0.4) is 0 Å². The van der Waals surface area contributed by atoms with Gasteiger partial charge in [-0.3, -0.25) is 0 Å². The zero-order valence-corrected chi connectivity index (χ0v) is 42.7. The first-order valence-electron chi connectivity index (χ1n) is 20.3. The van der Waals surface area contributed by atoms with Gasteiger partial charge in [-0.2, -0.15) is 35.3 Å². The number of rotatable bonds is 42. The number of hydrogen-bond donors (Lipinski definition) is 0. The van der Waals surface area contributed by atoms with Gasteiger partial charge in [-0.1, -0.05) is 176 Å². The van der Waals surface area contributed by atoms with E-state index in [-0.39, 0.29) is 0 Å². The molecule has 3 aromatic rings. The van der Waals surface area contributed by atoms with Crippen LogP contribution in [0.4, 0.5) is 0 Å². The van der Waals surface area contributed by atoms with Gasteiger partial charge in [0.15, 0.2) is 0 Å². The van der Waals surface area contributed by atoms with Crippen molar-refractivity contribution in [1.29, 1.82) is 0 Å². The first-order chi connectivity index (χ1) is 30.2. The molecule has 61 heavy (non-hydrogen) atoms. The Morgan fingerprint density at radius 3 is 1.13 bits per heavy atom. The van der Waals surface area contributed by atoms with Crippen LogP contribution in [0.2, 0.25) is 0 Å². The molecule has 1 unspecified atom stereocenters. The lowest BCUT2D eigenvalue weighted by Crippen LogP contribution is -2.09. The van der Waals surface area contributed by atoms with Crippen molar-refractivity contribution in [3.63, 3.8) is 0 Å². The quantitative estimate of drug-likeness (QED) is 0.0307. The Labute approximate surface area is 404 Å². The fourth-order valence-electron chi connectivity index (χ4n) is 4.74. The lowest BCUT2D eigenvalue weighted by molar-refractivity contribution is -0.0477. The first kappa shape index (κ1) is 55.1. The molecule has 338 valence electrons. The minimum absolute atomic E-state index is 0.346. The highest BCUT2D eigenvalue weighted by Gasteiger charge is 2.12. The molecule has 0 aliphatic carbocycles. The van der Waals surface area contributed by atoms with Crippen molar-refractivity contribution >= 4 is 118 Å². The molecule has 0 aliphatic rings. The molecule has 0 radical (unpaired) electrons. The third-order valence-electron chi connectivity index (χ3n) is 8.09. The molecule has 15 heteroatoms. The van der Waals surface area contributed by atoms with Gasteiger partial charge in [0, 0.05) is 62.8 Å². The van der Waals surface area contributed by atoms with Gasteiger partial charge < -0.3 is 28.4 Å². The molecule has 0 fully saturated rings. The Morgan fingerprint density at radius 2 is 0.738 bits per heavy atom. The molecule has 0 aromatic heterocycles. The molecule has 0 saturated carbocycles. The molecular formula is C46H64O6S9. The second-order valence-electron chi connectivity index (χ2n) is 12.9. The van der Waals surface area contributed by atoms with Gasteiger partial charge in [-0.15, -0.1) is 0 Å². The van der Waals surface area contributed by atoms with Crippen molar-refractivity contribution < 1.29 is 28.4 Å². The first-order valence-corrected chi connectivity index (χ1v) is 31.1. The van der Waals surface area contributed by atoms with Gasteiger partial charge >= 0.3 is 0 Å². The zero-order chi connectivity index (χ0) is 43.1. The molecule has 0 saturated heterocycles. The van der Waals surface area contributed by atoms with E-state index >= 15 is 0 Å². The van der Waals surface area contributed by atoms with E-state index in [9.17, 15) is 0 Å². The fraction of sp³-hybridized carbons (Fsp3) is 0.478. The van der Waals surface area contributed by atoms with Crippen molar-refractivity contribution in [2.45, 2.75) is 28.9 Å². The molecular weight excluding hydrogens is 937 g/mol. The summed E-state index contributed by atoms with van der Waals surface area (Å²) in [6.07, 6.45) is 6.64. The van der Waals surface area contributed by atoms with E-state index in [1.807, 2.05) is 118 Å². The van der Waals surface area contributed by atoms with Crippen LogP contribution in [0, 0.1) is 0 Å². The third kappa shape index (κ3) is 30.6. The summed E-state index contributed by atoms with van der Waals surface area (Å²) >= 11 is 5.69. The van der Waals surface area contributed by atoms with E-state index in [4.69, 9.17) is 28.4 Å². The van der Waals surface area contributed by atoms with Crippen LogP contribution in [0.15, 0.2) is 92.5 Å². The molecule has 6 nitrogen and oxygen atoms in total. The molecule has 1 atom stereocenters. The largest absolute Gasteiger partial charge is 0.355 e. The minimum Gasteiger partial charge on any atom is -0.355 e. The molecule has 0 aliphatic heterocycles. The Balaban J connectivity index is 1.17. The monoisotopic (exact) mass is 1000 g/mol. The standard InChI is InChI=1S/C46H64O6S9/c1-4-40-8-14-43(15-9-40)32-53-26-7-20-47-37-50-23-29-56-59-35-46(61-58-31-25-52-39-49-22-28-55-34-45-18-12-42(6-3)13-19-45)36-60-57-30-24-51-38-48-21-27-54-33-44-16-10-41(5-2)11-17-44/h4-6,8-19,46H,1-3,7,20-39H2. The lowest BCUT2D eigenvalue weighted by Gasteiger charge is -2.15. The maximum Gasteiger partial charge on any atom is 0.146 e. The highest BCUT2D eigenvalue weighted by molar-refractivity contribution is 8.79. The van der Waals surface area contributed by atoms with Crippen molar-refractivity contribution in [2.75, 3.05) is 106 Å². The Hall–Kier alpha value is -0.210. The summed E-state index contributed by atoms with van der Waals surface area (Å²) in [5.74, 6) is 10.9. The van der Waals surface area contributed by atoms with Crippen LogP contribution < -0.4 is 0 Å². The van der Waals surface area contributed by atoms with E-state index < -0.39 is 0 Å². The number of benzene rings is 3. The maximum absolute atomic E-state index is 5.76. The molecule has 0 spiro atoms. The molecule has 3 rings (SSSR count). The molecule has 0 bridgehead atoms. The van der Waals surface area contributed by atoms with E-state index in [1.54, 1.807) is 0 Å². The van der Waals surface area contributed by atoms with Crippen LogP contribution in [0.25, 0.3) is 18.2 Å². The van der Waals surface area contributed by atoms with Gasteiger partial charge in [-0.25, -0.2) is 0 Å². The van der Waals surface area contributed by atoms with Crippen LogP contribution in [-0.4, -0.2) is 111 Å².